The lowest BCUT2D eigenvalue weighted by atomic mass is 10.1. The molecule has 0 bridgehead atoms. The summed E-state index contributed by atoms with van der Waals surface area (Å²) in [5, 5.41) is 8.65. The second-order valence-corrected chi connectivity index (χ2v) is 2.87. The SMILES string of the molecule is Cc1ccccc1C=C(Cl)C#N. The molecule has 1 nitrogen and oxygen atoms in total. The van der Waals surface area contributed by atoms with Gasteiger partial charge in [-0.15, -0.1) is 0 Å². The summed E-state index contributed by atoms with van der Waals surface area (Å²) in [7, 11) is 0. The van der Waals surface area contributed by atoms with E-state index in [1.165, 1.54) is 0 Å². The summed E-state index contributed by atoms with van der Waals surface area (Å²) in [4.78, 5) is 0. The van der Waals surface area contributed by atoms with Crippen molar-refractivity contribution in [3.63, 3.8) is 0 Å². The maximum Gasteiger partial charge on any atom is 0.118 e. The molecular weight excluding hydrogens is 170 g/mol. The zero-order valence-electron chi connectivity index (χ0n) is 6.71. The van der Waals surface area contributed by atoms with E-state index in [2.05, 4.69) is 0 Å². The van der Waals surface area contributed by atoms with Crippen LogP contribution in [0.15, 0.2) is 29.3 Å². The van der Waals surface area contributed by atoms with Gasteiger partial charge in [0.1, 0.15) is 11.1 Å². The first-order valence-electron chi connectivity index (χ1n) is 3.57. The number of aryl methyl sites for hydroxylation is 1. The number of hydrogen-bond acceptors (Lipinski definition) is 1. The molecule has 60 valence electrons. The number of nitriles is 1. The van der Waals surface area contributed by atoms with Crippen LogP contribution in [-0.4, -0.2) is 0 Å². The number of allylic oxidation sites excluding steroid dienone is 1. The van der Waals surface area contributed by atoms with Crippen molar-refractivity contribution in [1.29, 1.82) is 5.26 Å². The average molecular weight is 178 g/mol. The van der Waals surface area contributed by atoms with Crippen molar-refractivity contribution >= 4 is 17.7 Å². The van der Waals surface area contributed by atoms with E-state index in [0.29, 0.717) is 0 Å². The van der Waals surface area contributed by atoms with E-state index in [1.807, 2.05) is 37.3 Å². The van der Waals surface area contributed by atoms with E-state index in [9.17, 15) is 0 Å². The van der Waals surface area contributed by atoms with Crippen molar-refractivity contribution in [3.05, 3.63) is 40.4 Å². The van der Waals surface area contributed by atoms with Crippen molar-refractivity contribution in [2.45, 2.75) is 6.92 Å². The molecule has 0 unspecified atom stereocenters. The van der Waals surface area contributed by atoms with Crippen molar-refractivity contribution in [2.75, 3.05) is 0 Å². The maximum absolute atomic E-state index is 8.44. The molecule has 0 aliphatic heterocycles. The third-order valence-electron chi connectivity index (χ3n) is 1.58. The zero-order chi connectivity index (χ0) is 8.97. The second-order valence-electron chi connectivity index (χ2n) is 2.46. The van der Waals surface area contributed by atoms with Crippen LogP contribution in [0, 0.1) is 18.3 Å². The summed E-state index contributed by atoms with van der Waals surface area (Å²) in [6, 6.07) is 9.64. The van der Waals surface area contributed by atoms with Gasteiger partial charge in [-0.3, -0.25) is 0 Å². The summed E-state index contributed by atoms with van der Waals surface area (Å²) in [5.74, 6) is 0. The Bertz CT molecular complexity index is 347. The predicted molar refractivity (Wildman–Crippen MR) is 50.6 cm³/mol. The van der Waals surface area contributed by atoms with E-state index in [-0.39, 0.29) is 5.03 Å². The molecule has 0 saturated heterocycles. The van der Waals surface area contributed by atoms with Crippen molar-refractivity contribution in [3.8, 4) is 6.07 Å². The first kappa shape index (κ1) is 8.83. The van der Waals surface area contributed by atoms with Gasteiger partial charge in [0, 0.05) is 0 Å². The minimum Gasteiger partial charge on any atom is -0.191 e. The Kier molecular flexibility index (Phi) is 2.90. The summed E-state index contributed by atoms with van der Waals surface area (Å²) >= 11 is 5.57. The number of nitrogens with zero attached hydrogens (tertiary/aromatic N) is 1. The van der Waals surface area contributed by atoms with Gasteiger partial charge in [0.2, 0.25) is 0 Å². The van der Waals surface area contributed by atoms with Gasteiger partial charge in [-0.2, -0.15) is 5.26 Å². The van der Waals surface area contributed by atoms with Gasteiger partial charge in [0.05, 0.1) is 0 Å². The average Bonchev–Trinajstić information content (AvgIpc) is 2.09. The number of halogens is 1. The van der Waals surface area contributed by atoms with Crippen molar-refractivity contribution in [1.82, 2.24) is 0 Å². The largest absolute Gasteiger partial charge is 0.191 e. The van der Waals surface area contributed by atoms with Gasteiger partial charge in [-0.05, 0) is 24.1 Å². The fraction of sp³-hybridized carbons (Fsp3) is 0.100. The molecule has 0 saturated carbocycles. The monoisotopic (exact) mass is 177 g/mol. The van der Waals surface area contributed by atoms with Crippen LogP contribution in [0.2, 0.25) is 0 Å². The Hall–Kier alpha value is -1.26. The van der Waals surface area contributed by atoms with Gasteiger partial charge in [-0.1, -0.05) is 35.9 Å². The molecule has 1 aromatic rings. The van der Waals surface area contributed by atoms with E-state index >= 15 is 0 Å². The highest BCUT2D eigenvalue weighted by atomic mass is 35.5. The summed E-state index contributed by atoms with van der Waals surface area (Å²) < 4.78 is 0. The first-order valence-corrected chi connectivity index (χ1v) is 3.95. The smallest absolute Gasteiger partial charge is 0.118 e. The standard InChI is InChI=1S/C10H8ClN/c1-8-4-2-3-5-9(8)6-10(11)7-12/h2-6H,1H3. The topological polar surface area (TPSA) is 23.8 Å². The zero-order valence-corrected chi connectivity index (χ0v) is 7.47. The van der Waals surface area contributed by atoms with Gasteiger partial charge < -0.3 is 0 Å². The Balaban J connectivity index is 3.06. The second kappa shape index (κ2) is 3.94. The molecule has 0 N–H and O–H groups in total. The fourth-order valence-electron chi connectivity index (χ4n) is 0.918. The van der Waals surface area contributed by atoms with E-state index in [1.54, 1.807) is 6.08 Å². The molecule has 0 heterocycles. The lowest BCUT2D eigenvalue weighted by Gasteiger charge is -1.97. The molecule has 2 heteroatoms. The number of rotatable bonds is 1. The van der Waals surface area contributed by atoms with Crippen molar-refractivity contribution in [2.24, 2.45) is 0 Å². The van der Waals surface area contributed by atoms with Gasteiger partial charge in [-0.25, -0.2) is 0 Å². The van der Waals surface area contributed by atoms with Crippen LogP contribution < -0.4 is 0 Å². The molecule has 12 heavy (non-hydrogen) atoms. The molecule has 0 fully saturated rings. The summed E-state index contributed by atoms with van der Waals surface area (Å²) in [6.07, 6.45) is 1.66. The Labute approximate surface area is 76.9 Å². The summed E-state index contributed by atoms with van der Waals surface area (Å²) in [6.45, 7) is 1.98. The fourth-order valence-corrected chi connectivity index (χ4v) is 1.04. The van der Waals surface area contributed by atoms with Crippen LogP contribution in [-0.2, 0) is 0 Å². The minimum absolute atomic E-state index is 0.212. The van der Waals surface area contributed by atoms with Gasteiger partial charge >= 0.3 is 0 Å². The molecule has 0 aromatic heterocycles. The van der Waals surface area contributed by atoms with Crippen LogP contribution in [0.4, 0.5) is 0 Å². The molecule has 0 radical (unpaired) electrons. The molecule has 0 spiro atoms. The Morgan fingerprint density at radius 1 is 1.50 bits per heavy atom. The lowest BCUT2D eigenvalue weighted by molar-refractivity contribution is 1.44. The maximum atomic E-state index is 8.44. The Morgan fingerprint density at radius 2 is 2.17 bits per heavy atom. The van der Waals surface area contributed by atoms with Crippen LogP contribution in [0.25, 0.3) is 6.08 Å². The minimum atomic E-state index is 0.212. The highest BCUT2D eigenvalue weighted by molar-refractivity contribution is 6.33. The Morgan fingerprint density at radius 3 is 2.75 bits per heavy atom. The van der Waals surface area contributed by atoms with Crippen LogP contribution in [0.1, 0.15) is 11.1 Å². The van der Waals surface area contributed by atoms with E-state index in [4.69, 9.17) is 16.9 Å². The molecular formula is C10H8ClN. The summed E-state index contributed by atoms with van der Waals surface area (Å²) in [5.41, 5.74) is 2.11. The molecule has 0 aliphatic rings. The quantitative estimate of drug-likeness (QED) is 0.605. The van der Waals surface area contributed by atoms with Crippen LogP contribution in [0.5, 0.6) is 0 Å². The molecule has 0 amide bonds. The predicted octanol–water partition coefficient (Wildman–Crippen LogP) is 3.10. The van der Waals surface area contributed by atoms with E-state index in [0.717, 1.165) is 11.1 Å². The third kappa shape index (κ3) is 2.11. The highest BCUT2D eigenvalue weighted by Gasteiger charge is 1.93. The van der Waals surface area contributed by atoms with Gasteiger partial charge in [0.15, 0.2) is 0 Å². The lowest BCUT2D eigenvalue weighted by Crippen LogP contribution is -1.78. The molecule has 0 atom stereocenters. The number of hydrogen-bond donors (Lipinski definition) is 0. The van der Waals surface area contributed by atoms with Gasteiger partial charge in [0.25, 0.3) is 0 Å². The molecule has 0 aliphatic carbocycles. The van der Waals surface area contributed by atoms with Crippen LogP contribution >= 0.6 is 11.6 Å². The molecule has 1 aromatic carbocycles. The first-order chi connectivity index (χ1) is 5.74. The van der Waals surface area contributed by atoms with E-state index < -0.39 is 0 Å². The van der Waals surface area contributed by atoms with Crippen molar-refractivity contribution < 1.29 is 0 Å². The van der Waals surface area contributed by atoms with Crippen LogP contribution in [0.3, 0.4) is 0 Å². The number of benzene rings is 1. The molecule has 1 rings (SSSR count). The highest BCUT2D eigenvalue weighted by Crippen LogP contribution is 2.13. The normalized spacial score (nSPS) is 10.9. The third-order valence-corrected chi connectivity index (χ3v) is 1.77.